The predicted molar refractivity (Wildman–Crippen MR) is 68.5 cm³/mol. The number of pyridine rings is 1. The van der Waals surface area contributed by atoms with Crippen molar-refractivity contribution in [1.82, 2.24) is 4.98 Å². The second-order valence-corrected chi connectivity index (χ2v) is 5.04. The molecule has 1 heterocycles. The zero-order valence-corrected chi connectivity index (χ0v) is 10.2. The number of hydrogen-bond acceptors (Lipinski definition) is 1. The average molecular weight is 217 g/mol. The van der Waals surface area contributed by atoms with E-state index >= 15 is 0 Å². The Morgan fingerprint density at radius 2 is 1.50 bits per heavy atom. The van der Waals surface area contributed by atoms with Crippen LogP contribution in [0, 0.1) is 0 Å². The van der Waals surface area contributed by atoms with Crippen LogP contribution in [0.15, 0.2) is 24.5 Å². The lowest BCUT2D eigenvalue weighted by Gasteiger charge is -2.18. The number of aromatic nitrogens is 1. The number of hydrogen-bond donors (Lipinski definition) is 0. The first-order chi connectivity index (χ1) is 7.97. The lowest BCUT2D eigenvalue weighted by Crippen LogP contribution is -2.01. The van der Waals surface area contributed by atoms with Gasteiger partial charge in [-0.3, -0.25) is 4.98 Å². The first-order valence-corrected chi connectivity index (χ1v) is 6.87. The van der Waals surface area contributed by atoms with Crippen LogP contribution in [0.2, 0.25) is 0 Å². The molecule has 1 aliphatic carbocycles. The van der Waals surface area contributed by atoms with Gasteiger partial charge in [0.15, 0.2) is 0 Å². The fraction of sp³-hybridized carbons (Fsp3) is 0.667. The van der Waals surface area contributed by atoms with Crippen LogP contribution in [0.25, 0.3) is 0 Å². The molecule has 0 amide bonds. The highest BCUT2D eigenvalue weighted by Crippen LogP contribution is 2.29. The molecule has 1 heteroatoms. The molecule has 1 aromatic rings. The highest BCUT2D eigenvalue weighted by molar-refractivity contribution is 5.14. The molecule has 1 fully saturated rings. The Labute approximate surface area is 99.3 Å². The molecule has 1 aromatic heterocycles. The minimum absolute atomic E-state index is 0.770. The Bertz CT molecular complexity index is 271. The standard InChI is InChI=1S/C15H23N/c1-2-4-6-9-14(10-7-5-3-1)15-11-8-12-16-13-15/h8,11-14H,1-7,9-10H2. The average Bonchev–Trinajstić information content (AvgIpc) is 2.37. The third-order valence-corrected chi connectivity index (χ3v) is 3.76. The third kappa shape index (κ3) is 3.62. The maximum absolute atomic E-state index is 4.26. The van der Waals surface area contributed by atoms with Gasteiger partial charge < -0.3 is 0 Å². The van der Waals surface area contributed by atoms with E-state index in [1.165, 1.54) is 63.4 Å². The van der Waals surface area contributed by atoms with E-state index in [1.807, 2.05) is 6.20 Å². The van der Waals surface area contributed by atoms with Crippen LogP contribution in [0.3, 0.4) is 0 Å². The van der Waals surface area contributed by atoms with Crippen molar-refractivity contribution in [3.05, 3.63) is 30.1 Å². The lowest BCUT2D eigenvalue weighted by molar-refractivity contribution is 0.462. The summed E-state index contributed by atoms with van der Waals surface area (Å²) in [5.41, 5.74) is 1.46. The molecule has 2 rings (SSSR count). The molecule has 0 aromatic carbocycles. The minimum Gasteiger partial charge on any atom is -0.264 e. The molecular formula is C15H23N. The Kier molecular flexibility index (Phi) is 4.85. The van der Waals surface area contributed by atoms with Crippen molar-refractivity contribution in [3.8, 4) is 0 Å². The molecule has 0 aliphatic heterocycles. The number of nitrogens with zero attached hydrogens (tertiary/aromatic N) is 1. The molecule has 1 saturated carbocycles. The number of rotatable bonds is 1. The van der Waals surface area contributed by atoms with Crippen LogP contribution < -0.4 is 0 Å². The predicted octanol–water partition coefficient (Wildman–Crippen LogP) is 4.69. The topological polar surface area (TPSA) is 12.9 Å². The molecular weight excluding hydrogens is 194 g/mol. The zero-order chi connectivity index (χ0) is 11.1. The van der Waals surface area contributed by atoms with Crippen molar-refractivity contribution in [2.24, 2.45) is 0 Å². The van der Waals surface area contributed by atoms with Gasteiger partial charge in [-0.05, 0) is 30.4 Å². The summed E-state index contributed by atoms with van der Waals surface area (Å²) in [4.78, 5) is 4.26. The highest BCUT2D eigenvalue weighted by atomic mass is 14.6. The van der Waals surface area contributed by atoms with E-state index in [1.54, 1.807) is 0 Å². The van der Waals surface area contributed by atoms with Gasteiger partial charge in [-0.2, -0.15) is 0 Å². The molecule has 0 radical (unpaired) electrons. The first-order valence-electron chi connectivity index (χ1n) is 6.87. The second-order valence-electron chi connectivity index (χ2n) is 5.04. The van der Waals surface area contributed by atoms with Gasteiger partial charge in [-0.15, -0.1) is 0 Å². The highest BCUT2D eigenvalue weighted by Gasteiger charge is 2.12. The molecule has 0 N–H and O–H groups in total. The Hall–Kier alpha value is -0.850. The molecule has 88 valence electrons. The van der Waals surface area contributed by atoms with Crippen molar-refractivity contribution in [2.45, 2.75) is 63.7 Å². The van der Waals surface area contributed by atoms with E-state index < -0.39 is 0 Å². The van der Waals surface area contributed by atoms with Crippen molar-refractivity contribution in [1.29, 1.82) is 0 Å². The quantitative estimate of drug-likeness (QED) is 0.665. The van der Waals surface area contributed by atoms with Gasteiger partial charge in [-0.1, -0.05) is 51.0 Å². The monoisotopic (exact) mass is 217 g/mol. The molecule has 0 spiro atoms. The van der Waals surface area contributed by atoms with E-state index in [0.29, 0.717) is 0 Å². The molecule has 16 heavy (non-hydrogen) atoms. The van der Waals surface area contributed by atoms with E-state index in [-0.39, 0.29) is 0 Å². The van der Waals surface area contributed by atoms with Gasteiger partial charge in [0.2, 0.25) is 0 Å². The van der Waals surface area contributed by atoms with Crippen LogP contribution >= 0.6 is 0 Å². The van der Waals surface area contributed by atoms with E-state index in [9.17, 15) is 0 Å². The van der Waals surface area contributed by atoms with Gasteiger partial charge in [0.05, 0.1) is 0 Å². The Morgan fingerprint density at radius 3 is 2.06 bits per heavy atom. The fourth-order valence-corrected chi connectivity index (χ4v) is 2.76. The summed E-state index contributed by atoms with van der Waals surface area (Å²) in [6, 6.07) is 4.33. The minimum atomic E-state index is 0.770. The largest absolute Gasteiger partial charge is 0.264 e. The summed E-state index contributed by atoms with van der Waals surface area (Å²) in [5.74, 6) is 0.770. The van der Waals surface area contributed by atoms with Crippen molar-refractivity contribution in [3.63, 3.8) is 0 Å². The smallest absolute Gasteiger partial charge is 0.0302 e. The first kappa shape index (κ1) is 11.6. The molecule has 0 atom stereocenters. The van der Waals surface area contributed by atoms with Gasteiger partial charge in [0.1, 0.15) is 0 Å². The second kappa shape index (κ2) is 6.67. The van der Waals surface area contributed by atoms with Gasteiger partial charge in [-0.25, -0.2) is 0 Å². The lowest BCUT2D eigenvalue weighted by atomic mass is 9.88. The zero-order valence-electron chi connectivity index (χ0n) is 10.2. The van der Waals surface area contributed by atoms with Gasteiger partial charge in [0, 0.05) is 12.4 Å². The third-order valence-electron chi connectivity index (χ3n) is 3.76. The molecule has 0 saturated heterocycles. The van der Waals surface area contributed by atoms with E-state index in [0.717, 1.165) is 5.92 Å². The molecule has 1 aliphatic rings. The summed E-state index contributed by atoms with van der Waals surface area (Å²) >= 11 is 0. The Balaban J connectivity index is 1.94. The molecule has 1 nitrogen and oxygen atoms in total. The molecule has 0 unspecified atom stereocenters. The van der Waals surface area contributed by atoms with Crippen molar-refractivity contribution < 1.29 is 0 Å². The fourth-order valence-electron chi connectivity index (χ4n) is 2.76. The SMILES string of the molecule is c1cncc(C2CCCCCCCCC2)c1. The Morgan fingerprint density at radius 1 is 0.875 bits per heavy atom. The summed E-state index contributed by atoms with van der Waals surface area (Å²) in [6.07, 6.45) is 16.7. The maximum atomic E-state index is 4.26. The van der Waals surface area contributed by atoms with Crippen LogP contribution in [-0.4, -0.2) is 4.98 Å². The van der Waals surface area contributed by atoms with E-state index in [4.69, 9.17) is 0 Å². The van der Waals surface area contributed by atoms with Crippen LogP contribution in [-0.2, 0) is 0 Å². The van der Waals surface area contributed by atoms with Crippen LogP contribution in [0.1, 0.15) is 69.3 Å². The van der Waals surface area contributed by atoms with Gasteiger partial charge in [0.25, 0.3) is 0 Å². The van der Waals surface area contributed by atoms with E-state index in [2.05, 4.69) is 23.3 Å². The maximum Gasteiger partial charge on any atom is 0.0302 e. The van der Waals surface area contributed by atoms with Crippen LogP contribution in [0.5, 0.6) is 0 Å². The van der Waals surface area contributed by atoms with Crippen molar-refractivity contribution in [2.75, 3.05) is 0 Å². The summed E-state index contributed by atoms with van der Waals surface area (Å²) in [7, 11) is 0. The summed E-state index contributed by atoms with van der Waals surface area (Å²) in [6.45, 7) is 0. The van der Waals surface area contributed by atoms with Crippen LogP contribution in [0.4, 0.5) is 0 Å². The molecule has 0 bridgehead atoms. The summed E-state index contributed by atoms with van der Waals surface area (Å²) in [5, 5.41) is 0. The summed E-state index contributed by atoms with van der Waals surface area (Å²) < 4.78 is 0. The normalized spacial score (nSPS) is 20.5. The van der Waals surface area contributed by atoms with Gasteiger partial charge >= 0.3 is 0 Å². The van der Waals surface area contributed by atoms with Crippen molar-refractivity contribution >= 4 is 0 Å².